The molecule has 0 bridgehead atoms. The first kappa shape index (κ1) is 17.6. The number of carboxylic acid groups (broad SMARTS) is 1. The van der Waals surface area contributed by atoms with Crippen LogP contribution in [0.5, 0.6) is 5.75 Å². The second kappa shape index (κ2) is 6.97. The first-order valence-electron chi connectivity index (χ1n) is 8.17. The van der Waals surface area contributed by atoms with E-state index in [1.807, 2.05) is 4.90 Å². The Kier molecular flexibility index (Phi) is 4.91. The molecule has 2 aliphatic heterocycles. The number of hydrogen-bond donors (Lipinski definition) is 1. The lowest BCUT2D eigenvalue weighted by molar-refractivity contribution is -0.152. The van der Waals surface area contributed by atoms with Gasteiger partial charge in [-0.1, -0.05) is 0 Å². The van der Waals surface area contributed by atoms with Gasteiger partial charge in [0.25, 0.3) is 5.91 Å². The lowest BCUT2D eigenvalue weighted by Crippen LogP contribution is -2.61. The van der Waals surface area contributed by atoms with Crippen molar-refractivity contribution in [2.45, 2.75) is 12.0 Å². The van der Waals surface area contributed by atoms with Crippen molar-refractivity contribution in [3.8, 4) is 5.75 Å². The van der Waals surface area contributed by atoms with Crippen LogP contribution in [-0.4, -0.2) is 78.8 Å². The number of hydrogen-bond acceptors (Lipinski definition) is 5. The van der Waals surface area contributed by atoms with Crippen LogP contribution in [0.3, 0.4) is 0 Å². The fourth-order valence-electron chi connectivity index (χ4n) is 3.43. The highest BCUT2D eigenvalue weighted by atomic mass is 19.1. The summed E-state index contributed by atoms with van der Waals surface area (Å²) < 4.78 is 24.0. The highest BCUT2D eigenvalue weighted by Gasteiger charge is 2.48. The number of carbonyl (C=O) groups is 2. The zero-order chi connectivity index (χ0) is 18.0. The van der Waals surface area contributed by atoms with Gasteiger partial charge < -0.3 is 19.5 Å². The van der Waals surface area contributed by atoms with E-state index in [2.05, 4.69) is 0 Å². The van der Waals surface area contributed by atoms with Crippen molar-refractivity contribution in [3.63, 3.8) is 0 Å². The van der Waals surface area contributed by atoms with Crippen molar-refractivity contribution in [2.24, 2.45) is 0 Å². The van der Waals surface area contributed by atoms with Crippen LogP contribution >= 0.6 is 0 Å². The van der Waals surface area contributed by atoms with Crippen LogP contribution in [0.2, 0.25) is 0 Å². The lowest BCUT2D eigenvalue weighted by atomic mass is 9.95. The fourth-order valence-corrected chi connectivity index (χ4v) is 3.43. The lowest BCUT2D eigenvalue weighted by Gasteiger charge is -2.42. The Hall–Kier alpha value is -2.19. The normalized spacial score (nSPS) is 24.3. The maximum absolute atomic E-state index is 13.8. The summed E-state index contributed by atoms with van der Waals surface area (Å²) in [4.78, 5) is 27.7. The van der Waals surface area contributed by atoms with E-state index in [9.17, 15) is 19.1 Å². The number of aliphatic carboxylic acids is 1. The smallest absolute Gasteiger partial charge is 0.326 e. The number of carboxylic acids is 1. The number of piperazine rings is 1. The molecule has 2 saturated heterocycles. The average Bonchev–Trinajstić information content (AvgIpc) is 3.12. The molecule has 7 nitrogen and oxygen atoms in total. The Morgan fingerprint density at radius 1 is 1.28 bits per heavy atom. The number of benzene rings is 1. The number of rotatable bonds is 4. The number of amides is 1. The van der Waals surface area contributed by atoms with Crippen molar-refractivity contribution in [3.05, 3.63) is 29.6 Å². The third kappa shape index (κ3) is 3.19. The molecular formula is C17H21FN2O5. The van der Waals surface area contributed by atoms with Crippen molar-refractivity contribution in [1.29, 1.82) is 0 Å². The fraction of sp³-hybridized carbons (Fsp3) is 0.529. The van der Waals surface area contributed by atoms with Gasteiger partial charge in [0.2, 0.25) is 0 Å². The van der Waals surface area contributed by atoms with Crippen LogP contribution in [0.15, 0.2) is 18.2 Å². The minimum atomic E-state index is -0.999. The van der Waals surface area contributed by atoms with Crippen LogP contribution in [0, 0.1) is 5.82 Å². The molecule has 2 aliphatic rings. The molecule has 3 rings (SSSR count). The topological polar surface area (TPSA) is 79.3 Å². The minimum absolute atomic E-state index is 0.0889. The second-order valence-corrected chi connectivity index (χ2v) is 6.27. The van der Waals surface area contributed by atoms with E-state index in [4.69, 9.17) is 9.47 Å². The number of halogens is 1. The summed E-state index contributed by atoms with van der Waals surface area (Å²) in [6, 6.07) is 4.12. The SMILES string of the molecule is COc1ccc(C(=O)N2CCN(C3(C(=O)O)CCOC3)CC2)cc1F. The van der Waals surface area contributed by atoms with Gasteiger partial charge in [-0.05, 0) is 18.2 Å². The zero-order valence-electron chi connectivity index (χ0n) is 14.0. The summed E-state index contributed by atoms with van der Waals surface area (Å²) in [6.07, 6.45) is 0.444. The molecule has 1 aromatic carbocycles. The molecule has 0 saturated carbocycles. The van der Waals surface area contributed by atoms with Crippen LogP contribution in [-0.2, 0) is 9.53 Å². The van der Waals surface area contributed by atoms with Gasteiger partial charge in [0.15, 0.2) is 11.6 Å². The number of carbonyl (C=O) groups excluding carboxylic acids is 1. The maximum atomic E-state index is 13.8. The molecule has 136 valence electrons. The van der Waals surface area contributed by atoms with Gasteiger partial charge >= 0.3 is 5.97 Å². The first-order valence-corrected chi connectivity index (χ1v) is 8.17. The van der Waals surface area contributed by atoms with Crippen molar-refractivity contribution >= 4 is 11.9 Å². The Balaban J connectivity index is 1.67. The summed E-state index contributed by atoms with van der Waals surface area (Å²) >= 11 is 0. The monoisotopic (exact) mass is 352 g/mol. The molecule has 0 radical (unpaired) electrons. The van der Waals surface area contributed by atoms with Crippen LogP contribution in [0.1, 0.15) is 16.8 Å². The van der Waals surface area contributed by atoms with E-state index in [-0.39, 0.29) is 23.8 Å². The van der Waals surface area contributed by atoms with Gasteiger partial charge in [-0.25, -0.2) is 4.39 Å². The third-order valence-corrected chi connectivity index (χ3v) is 4.97. The molecule has 1 N–H and O–H groups in total. The Bertz CT molecular complexity index is 667. The minimum Gasteiger partial charge on any atom is -0.494 e. The predicted molar refractivity (Wildman–Crippen MR) is 86.2 cm³/mol. The molecule has 1 amide bonds. The van der Waals surface area contributed by atoms with E-state index < -0.39 is 17.3 Å². The van der Waals surface area contributed by atoms with Gasteiger partial charge in [-0.3, -0.25) is 14.5 Å². The van der Waals surface area contributed by atoms with E-state index >= 15 is 0 Å². The zero-order valence-corrected chi connectivity index (χ0v) is 14.0. The predicted octanol–water partition coefficient (Wildman–Crippen LogP) is 0.836. The van der Waals surface area contributed by atoms with Gasteiger partial charge in [0, 0.05) is 44.8 Å². The average molecular weight is 352 g/mol. The van der Waals surface area contributed by atoms with Crippen molar-refractivity contribution < 1.29 is 28.6 Å². The van der Waals surface area contributed by atoms with E-state index in [1.54, 1.807) is 4.90 Å². The molecule has 2 heterocycles. The Morgan fingerprint density at radius 2 is 2.00 bits per heavy atom. The molecule has 1 aromatic rings. The number of ether oxygens (including phenoxy) is 2. The quantitative estimate of drug-likeness (QED) is 0.865. The maximum Gasteiger partial charge on any atom is 0.326 e. The highest BCUT2D eigenvalue weighted by molar-refractivity contribution is 5.94. The molecule has 0 aliphatic carbocycles. The van der Waals surface area contributed by atoms with Crippen LogP contribution < -0.4 is 4.74 Å². The van der Waals surface area contributed by atoms with Gasteiger partial charge in [0.05, 0.1) is 13.7 Å². The summed E-state index contributed by atoms with van der Waals surface area (Å²) in [5.74, 6) is -1.65. The molecule has 25 heavy (non-hydrogen) atoms. The molecule has 0 aromatic heterocycles. The van der Waals surface area contributed by atoms with E-state index in [0.717, 1.165) is 6.07 Å². The van der Waals surface area contributed by atoms with E-state index in [0.29, 0.717) is 39.2 Å². The van der Waals surface area contributed by atoms with Gasteiger partial charge in [0.1, 0.15) is 5.54 Å². The molecular weight excluding hydrogens is 331 g/mol. The summed E-state index contributed by atoms with van der Waals surface area (Å²) in [7, 11) is 1.37. The van der Waals surface area contributed by atoms with Gasteiger partial charge in [-0.15, -0.1) is 0 Å². The van der Waals surface area contributed by atoms with E-state index in [1.165, 1.54) is 19.2 Å². The Labute approximate surface area is 144 Å². The molecule has 2 fully saturated rings. The van der Waals surface area contributed by atoms with Crippen LogP contribution in [0.4, 0.5) is 4.39 Å². The summed E-state index contributed by atoms with van der Waals surface area (Å²) in [5, 5.41) is 9.59. The summed E-state index contributed by atoms with van der Waals surface area (Å²) in [6.45, 7) is 2.26. The summed E-state index contributed by atoms with van der Waals surface area (Å²) in [5.41, 5.74) is -0.745. The molecule has 1 atom stereocenters. The standard InChI is InChI=1S/C17H21FN2O5/c1-24-14-3-2-12(10-13(14)18)15(21)19-5-7-20(8-6-19)17(16(22)23)4-9-25-11-17/h2-3,10H,4-9,11H2,1H3,(H,22,23). The second-order valence-electron chi connectivity index (χ2n) is 6.27. The third-order valence-electron chi connectivity index (χ3n) is 4.97. The molecule has 0 spiro atoms. The largest absolute Gasteiger partial charge is 0.494 e. The number of nitrogens with zero attached hydrogens (tertiary/aromatic N) is 2. The van der Waals surface area contributed by atoms with Crippen molar-refractivity contribution in [2.75, 3.05) is 46.5 Å². The van der Waals surface area contributed by atoms with Crippen LogP contribution in [0.25, 0.3) is 0 Å². The van der Waals surface area contributed by atoms with Gasteiger partial charge in [-0.2, -0.15) is 0 Å². The number of methoxy groups -OCH3 is 1. The molecule has 8 heteroatoms. The van der Waals surface area contributed by atoms with Crippen molar-refractivity contribution in [1.82, 2.24) is 9.80 Å². The highest BCUT2D eigenvalue weighted by Crippen LogP contribution is 2.28. The first-order chi connectivity index (χ1) is 12.0. The Morgan fingerprint density at radius 3 is 2.52 bits per heavy atom. The molecule has 1 unspecified atom stereocenters.